The van der Waals surface area contributed by atoms with Crippen molar-refractivity contribution in [3.05, 3.63) is 29.8 Å². The predicted octanol–water partition coefficient (Wildman–Crippen LogP) is 2.57. The highest BCUT2D eigenvalue weighted by Crippen LogP contribution is 2.47. The molecule has 0 aromatic heterocycles. The molecular weight excluding hydrogens is 208 g/mol. The molecule has 2 aliphatic rings. The van der Waals surface area contributed by atoms with Crippen LogP contribution >= 0.6 is 0 Å². The molecule has 0 atom stereocenters. The fourth-order valence-corrected chi connectivity index (χ4v) is 2.86. The summed E-state index contributed by atoms with van der Waals surface area (Å²) < 4.78 is 0. The first-order valence-electron chi connectivity index (χ1n) is 6.85. The van der Waals surface area contributed by atoms with Crippen molar-refractivity contribution < 1.29 is 0 Å². The Morgan fingerprint density at radius 3 is 2.24 bits per heavy atom. The summed E-state index contributed by atoms with van der Waals surface area (Å²) in [5.41, 5.74) is 9.14. The second-order valence-corrected chi connectivity index (χ2v) is 5.74. The van der Waals surface area contributed by atoms with Crippen LogP contribution in [0.3, 0.4) is 0 Å². The summed E-state index contributed by atoms with van der Waals surface area (Å²) in [6.45, 7) is 3.30. The molecule has 2 fully saturated rings. The number of nitrogens with zero attached hydrogens (tertiary/aromatic N) is 1. The van der Waals surface area contributed by atoms with Crippen molar-refractivity contribution in [1.82, 2.24) is 0 Å². The third-order valence-electron chi connectivity index (χ3n) is 4.38. The van der Waals surface area contributed by atoms with Gasteiger partial charge in [0.1, 0.15) is 0 Å². The molecule has 1 aliphatic heterocycles. The SMILES string of the molecule is NCC1(Cc2ccc(N3CCCC3)cc2)CC1. The average molecular weight is 230 g/mol. The Balaban J connectivity index is 1.67. The molecule has 1 aromatic rings. The Morgan fingerprint density at radius 1 is 1.06 bits per heavy atom. The lowest BCUT2D eigenvalue weighted by Crippen LogP contribution is -2.19. The van der Waals surface area contributed by atoms with Gasteiger partial charge in [-0.05, 0) is 61.8 Å². The number of rotatable bonds is 4. The van der Waals surface area contributed by atoms with E-state index in [0.717, 1.165) is 6.54 Å². The first kappa shape index (κ1) is 11.1. The van der Waals surface area contributed by atoms with E-state index in [-0.39, 0.29) is 0 Å². The molecule has 2 heteroatoms. The smallest absolute Gasteiger partial charge is 0.0366 e. The molecule has 1 aromatic carbocycles. The molecule has 2 nitrogen and oxygen atoms in total. The number of hydrogen-bond donors (Lipinski definition) is 1. The Bertz CT molecular complexity index is 372. The van der Waals surface area contributed by atoms with Gasteiger partial charge in [-0.15, -0.1) is 0 Å². The van der Waals surface area contributed by atoms with E-state index in [0.29, 0.717) is 5.41 Å². The minimum Gasteiger partial charge on any atom is -0.372 e. The highest BCUT2D eigenvalue weighted by atomic mass is 15.1. The van der Waals surface area contributed by atoms with Crippen molar-refractivity contribution in [2.45, 2.75) is 32.1 Å². The van der Waals surface area contributed by atoms with Crippen LogP contribution in [-0.4, -0.2) is 19.6 Å². The molecule has 0 bridgehead atoms. The molecule has 1 aliphatic carbocycles. The molecule has 1 saturated carbocycles. The maximum Gasteiger partial charge on any atom is 0.0366 e. The summed E-state index contributed by atoms with van der Waals surface area (Å²) in [6.07, 6.45) is 6.49. The molecule has 1 heterocycles. The van der Waals surface area contributed by atoms with Crippen LogP contribution in [0.1, 0.15) is 31.2 Å². The van der Waals surface area contributed by atoms with Crippen LogP contribution < -0.4 is 10.6 Å². The van der Waals surface area contributed by atoms with Crippen molar-refractivity contribution >= 4 is 5.69 Å². The Kier molecular flexibility index (Phi) is 2.83. The summed E-state index contributed by atoms with van der Waals surface area (Å²) in [6, 6.07) is 9.16. The molecule has 1 saturated heterocycles. The van der Waals surface area contributed by atoms with Gasteiger partial charge in [-0.25, -0.2) is 0 Å². The number of anilines is 1. The van der Waals surface area contributed by atoms with Crippen molar-refractivity contribution in [2.75, 3.05) is 24.5 Å². The summed E-state index contributed by atoms with van der Waals surface area (Å²) in [4.78, 5) is 2.49. The number of benzene rings is 1. The second-order valence-electron chi connectivity index (χ2n) is 5.74. The molecule has 0 radical (unpaired) electrons. The highest BCUT2D eigenvalue weighted by molar-refractivity contribution is 5.48. The van der Waals surface area contributed by atoms with E-state index in [9.17, 15) is 0 Å². The standard InChI is InChI=1S/C15H22N2/c16-12-15(7-8-15)11-13-3-5-14(6-4-13)17-9-1-2-10-17/h3-6H,1-2,7-12,16H2. The van der Waals surface area contributed by atoms with Gasteiger partial charge in [-0.1, -0.05) is 12.1 Å². The Hall–Kier alpha value is -1.02. The second kappa shape index (κ2) is 4.34. The molecule has 2 N–H and O–H groups in total. The van der Waals surface area contributed by atoms with Gasteiger partial charge < -0.3 is 10.6 Å². The Morgan fingerprint density at radius 2 is 1.71 bits per heavy atom. The third-order valence-corrected chi connectivity index (χ3v) is 4.38. The lowest BCUT2D eigenvalue weighted by atomic mass is 9.96. The molecule has 92 valence electrons. The van der Waals surface area contributed by atoms with Gasteiger partial charge in [0, 0.05) is 18.8 Å². The summed E-state index contributed by atoms with van der Waals surface area (Å²) >= 11 is 0. The van der Waals surface area contributed by atoms with Crippen LogP contribution in [0.25, 0.3) is 0 Å². The number of hydrogen-bond acceptors (Lipinski definition) is 2. The van der Waals surface area contributed by atoms with E-state index in [4.69, 9.17) is 5.73 Å². The lowest BCUT2D eigenvalue weighted by molar-refractivity contribution is 0.521. The largest absolute Gasteiger partial charge is 0.372 e. The van der Waals surface area contributed by atoms with Gasteiger partial charge in [0.15, 0.2) is 0 Å². The van der Waals surface area contributed by atoms with Crippen molar-refractivity contribution in [1.29, 1.82) is 0 Å². The maximum absolute atomic E-state index is 5.84. The number of nitrogens with two attached hydrogens (primary N) is 1. The van der Waals surface area contributed by atoms with E-state index in [2.05, 4.69) is 29.2 Å². The average Bonchev–Trinajstić information content (AvgIpc) is 2.92. The molecule has 3 rings (SSSR count). The van der Waals surface area contributed by atoms with Crippen LogP contribution in [-0.2, 0) is 6.42 Å². The fraction of sp³-hybridized carbons (Fsp3) is 0.600. The summed E-state index contributed by atoms with van der Waals surface area (Å²) in [7, 11) is 0. The van der Waals surface area contributed by atoms with Gasteiger partial charge >= 0.3 is 0 Å². The van der Waals surface area contributed by atoms with Crippen molar-refractivity contribution in [3.8, 4) is 0 Å². The zero-order chi connectivity index (χ0) is 11.7. The van der Waals surface area contributed by atoms with Gasteiger partial charge in [0.2, 0.25) is 0 Å². The normalized spacial score (nSPS) is 21.8. The van der Waals surface area contributed by atoms with Crippen LogP contribution in [0.4, 0.5) is 5.69 Å². The summed E-state index contributed by atoms with van der Waals surface area (Å²) in [5, 5.41) is 0. The fourth-order valence-electron chi connectivity index (χ4n) is 2.86. The summed E-state index contributed by atoms with van der Waals surface area (Å²) in [5.74, 6) is 0. The van der Waals surface area contributed by atoms with Gasteiger partial charge in [-0.3, -0.25) is 0 Å². The lowest BCUT2D eigenvalue weighted by Gasteiger charge is -2.18. The molecule has 0 unspecified atom stereocenters. The van der Waals surface area contributed by atoms with Crippen molar-refractivity contribution in [3.63, 3.8) is 0 Å². The maximum atomic E-state index is 5.84. The van der Waals surface area contributed by atoms with Crippen LogP contribution in [0.15, 0.2) is 24.3 Å². The first-order valence-corrected chi connectivity index (χ1v) is 6.85. The van der Waals surface area contributed by atoms with E-state index in [1.807, 2.05) is 0 Å². The van der Waals surface area contributed by atoms with Gasteiger partial charge in [0.05, 0.1) is 0 Å². The van der Waals surface area contributed by atoms with E-state index >= 15 is 0 Å². The van der Waals surface area contributed by atoms with Crippen LogP contribution in [0.5, 0.6) is 0 Å². The highest BCUT2D eigenvalue weighted by Gasteiger charge is 2.40. The topological polar surface area (TPSA) is 29.3 Å². The monoisotopic (exact) mass is 230 g/mol. The van der Waals surface area contributed by atoms with Crippen molar-refractivity contribution in [2.24, 2.45) is 11.1 Å². The first-order chi connectivity index (χ1) is 8.31. The zero-order valence-electron chi connectivity index (χ0n) is 10.5. The quantitative estimate of drug-likeness (QED) is 0.861. The predicted molar refractivity (Wildman–Crippen MR) is 72.3 cm³/mol. The van der Waals surface area contributed by atoms with E-state index in [1.165, 1.54) is 56.4 Å². The van der Waals surface area contributed by atoms with Gasteiger partial charge in [-0.2, -0.15) is 0 Å². The third kappa shape index (κ3) is 2.32. The molecule has 0 spiro atoms. The minimum atomic E-state index is 0.454. The van der Waals surface area contributed by atoms with Crippen LogP contribution in [0, 0.1) is 5.41 Å². The minimum absolute atomic E-state index is 0.454. The van der Waals surface area contributed by atoms with E-state index < -0.39 is 0 Å². The van der Waals surface area contributed by atoms with Crippen LogP contribution in [0.2, 0.25) is 0 Å². The van der Waals surface area contributed by atoms with E-state index in [1.54, 1.807) is 0 Å². The van der Waals surface area contributed by atoms with Gasteiger partial charge in [0.25, 0.3) is 0 Å². The molecule has 17 heavy (non-hydrogen) atoms. The molecule has 0 amide bonds. The zero-order valence-corrected chi connectivity index (χ0v) is 10.5. The Labute approximate surface area is 104 Å². The molecular formula is C15H22N2.